The van der Waals surface area contributed by atoms with Gasteiger partial charge in [0, 0.05) is 19.4 Å². The van der Waals surface area contributed by atoms with Crippen molar-refractivity contribution in [2.24, 2.45) is 7.05 Å². The number of aromatic nitrogens is 1. The molecule has 0 aliphatic heterocycles. The van der Waals surface area contributed by atoms with Crippen LogP contribution in [0.2, 0.25) is 0 Å². The van der Waals surface area contributed by atoms with E-state index in [0.717, 1.165) is 0 Å². The third-order valence-corrected chi connectivity index (χ3v) is 1.12. The second-order valence-corrected chi connectivity index (χ2v) is 1.88. The maximum absolute atomic E-state index is 8.99. The summed E-state index contributed by atoms with van der Waals surface area (Å²) in [7, 11) is 3.34. The molecule has 50 valence electrons. The van der Waals surface area contributed by atoms with Gasteiger partial charge in [0.05, 0.1) is 7.11 Å². The van der Waals surface area contributed by atoms with Gasteiger partial charge in [-0.3, -0.25) is 0 Å². The molecule has 0 unspecified atom stereocenters. The van der Waals surface area contributed by atoms with E-state index in [0.29, 0.717) is 5.75 Å². The number of ether oxygens (including phenoxy) is 1. The largest absolute Gasteiger partial charge is 0.503 e. The van der Waals surface area contributed by atoms with Gasteiger partial charge in [0.15, 0.2) is 11.5 Å². The normalized spacial score (nSPS) is 9.56. The smallest absolute Gasteiger partial charge is 0.178 e. The van der Waals surface area contributed by atoms with Crippen molar-refractivity contribution in [1.29, 1.82) is 0 Å². The van der Waals surface area contributed by atoms with Crippen molar-refractivity contribution in [3.8, 4) is 11.5 Å². The van der Waals surface area contributed by atoms with Gasteiger partial charge in [-0.2, -0.15) is 0 Å². The van der Waals surface area contributed by atoms with E-state index in [1.165, 1.54) is 7.11 Å². The van der Waals surface area contributed by atoms with Crippen LogP contribution in [0.3, 0.4) is 0 Å². The summed E-state index contributed by atoms with van der Waals surface area (Å²) in [5, 5.41) is 8.99. The molecule has 0 saturated carbocycles. The van der Waals surface area contributed by atoms with Gasteiger partial charge in [0.25, 0.3) is 0 Å². The van der Waals surface area contributed by atoms with Crippen molar-refractivity contribution in [3.63, 3.8) is 0 Å². The third-order valence-electron chi connectivity index (χ3n) is 1.12. The summed E-state index contributed by atoms with van der Waals surface area (Å²) in [6.07, 6.45) is 3.29. The summed E-state index contributed by atoms with van der Waals surface area (Å²) in [4.78, 5) is 0. The van der Waals surface area contributed by atoms with E-state index in [9.17, 15) is 0 Å². The zero-order chi connectivity index (χ0) is 6.85. The van der Waals surface area contributed by atoms with Crippen LogP contribution >= 0.6 is 0 Å². The molecule has 0 saturated heterocycles. The van der Waals surface area contributed by atoms with Gasteiger partial charge in [0.2, 0.25) is 0 Å². The van der Waals surface area contributed by atoms with E-state index in [2.05, 4.69) is 0 Å². The van der Waals surface area contributed by atoms with Gasteiger partial charge in [-0.05, 0) is 0 Å². The molecule has 1 rings (SSSR count). The highest BCUT2D eigenvalue weighted by Gasteiger charge is 2.00. The highest BCUT2D eigenvalue weighted by Crippen LogP contribution is 2.24. The van der Waals surface area contributed by atoms with Crippen molar-refractivity contribution in [2.75, 3.05) is 7.11 Å². The predicted molar refractivity (Wildman–Crippen MR) is 33.6 cm³/mol. The van der Waals surface area contributed by atoms with Crippen molar-refractivity contribution in [2.45, 2.75) is 0 Å². The first kappa shape index (κ1) is 6.01. The fraction of sp³-hybridized carbons (Fsp3) is 0.333. The quantitative estimate of drug-likeness (QED) is 0.603. The summed E-state index contributed by atoms with van der Waals surface area (Å²) in [5.41, 5.74) is 0. The van der Waals surface area contributed by atoms with Crippen molar-refractivity contribution in [1.82, 2.24) is 4.57 Å². The lowest BCUT2D eigenvalue weighted by atomic mass is 10.5. The standard InChI is InChI=1S/C6H9NO2/c1-7-3-5(8)6(4-7)9-2/h3-4,8H,1-2H3. The highest BCUT2D eigenvalue weighted by atomic mass is 16.5. The molecule has 0 aliphatic carbocycles. The van der Waals surface area contributed by atoms with Crippen LogP contribution in [0.4, 0.5) is 0 Å². The van der Waals surface area contributed by atoms with E-state index >= 15 is 0 Å². The number of aromatic hydroxyl groups is 1. The summed E-state index contributed by atoms with van der Waals surface area (Å²) in [5.74, 6) is 0.692. The average molecular weight is 127 g/mol. The lowest BCUT2D eigenvalue weighted by Crippen LogP contribution is -1.80. The van der Waals surface area contributed by atoms with Crippen LogP contribution in [-0.2, 0) is 7.05 Å². The fourth-order valence-electron chi connectivity index (χ4n) is 0.702. The van der Waals surface area contributed by atoms with Gasteiger partial charge < -0.3 is 14.4 Å². The molecule has 0 radical (unpaired) electrons. The molecule has 3 heteroatoms. The summed E-state index contributed by atoms with van der Waals surface area (Å²) >= 11 is 0. The minimum Gasteiger partial charge on any atom is -0.503 e. The SMILES string of the molecule is COc1cn(C)cc1O. The Morgan fingerprint density at radius 3 is 2.44 bits per heavy atom. The molecule has 1 aromatic rings. The first-order valence-electron chi connectivity index (χ1n) is 2.63. The molecule has 0 atom stereocenters. The van der Waals surface area contributed by atoms with Crippen LogP contribution in [0, 0.1) is 0 Å². The van der Waals surface area contributed by atoms with Gasteiger partial charge in [-0.1, -0.05) is 0 Å². The second-order valence-electron chi connectivity index (χ2n) is 1.88. The minimum atomic E-state index is 0.181. The molecule has 1 heterocycles. The summed E-state index contributed by atoms with van der Waals surface area (Å²) in [6, 6.07) is 0. The zero-order valence-corrected chi connectivity index (χ0v) is 5.46. The first-order chi connectivity index (χ1) is 4.24. The number of rotatable bonds is 1. The molecule has 1 N–H and O–H groups in total. The van der Waals surface area contributed by atoms with E-state index < -0.39 is 0 Å². The fourth-order valence-corrected chi connectivity index (χ4v) is 0.702. The van der Waals surface area contributed by atoms with Crippen LogP contribution < -0.4 is 4.74 Å². The second kappa shape index (κ2) is 2.01. The van der Waals surface area contributed by atoms with Crippen LogP contribution in [0.15, 0.2) is 12.4 Å². The summed E-state index contributed by atoms with van der Waals surface area (Å²) < 4.78 is 6.53. The molecule has 0 spiro atoms. The van der Waals surface area contributed by atoms with Gasteiger partial charge >= 0.3 is 0 Å². The van der Waals surface area contributed by atoms with Crippen LogP contribution in [-0.4, -0.2) is 16.8 Å². The Balaban J connectivity index is 3.01. The number of hydrogen-bond donors (Lipinski definition) is 1. The van der Waals surface area contributed by atoms with Crippen molar-refractivity contribution < 1.29 is 9.84 Å². The Hall–Kier alpha value is -1.12. The van der Waals surface area contributed by atoms with Crippen molar-refractivity contribution in [3.05, 3.63) is 12.4 Å². The Bertz CT molecular complexity index is 205. The molecule has 0 aliphatic rings. The van der Waals surface area contributed by atoms with Crippen LogP contribution in [0.5, 0.6) is 11.5 Å². The molecule has 0 aromatic carbocycles. The van der Waals surface area contributed by atoms with Crippen LogP contribution in [0.1, 0.15) is 0 Å². The number of hydrogen-bond acceptors (Lipinski definition) is 2. The third kappa shape index (κ3) is 0.988. The van der Waals surface area contributed by atoms with E-state index in [1.807, 2.05) is 7.05 Å². The van der Waals surface area contributed by atoms with Crippen molar-refractivity contribution >= 4 is 0 Å². The Kier molecular flexibility index (Phi) is 1.34. The Labute approximate surface area is 53.5 Å². The number of aryl methyl sites for hydroxylation is 1. The maximum Gasteiger partial charge on any atom is 0.178 e. The zero-order valence-electron chi connectivity index (χ0n) is 5.46. The van der Waals surface area contributed by atoms with E-state index in [1.54, 1.807) is 17.0 Å². The maximum atomic E-state index is 8.99. The van der Waals surface area contributed by atoms with Gasteiger partial charge in [0.1, 0.15) is 0 Å². The molecule has 9 heavy (non-hydrogen) atoms. The average Bonchev–Trinajstić information content (AvgIpc) is 2.10. The molecule has 0 amide bonds. The molecular weight excluding hydrogens is 118 g/mol. The number of nitrogens with zero attached hydrogens (tertiary/aromatic N) is 1. The molecular formula is C6H9NO2. The lowest BCUT2D eigenvalue weighted by Gasteiger charge is -1.91. The summed E-state index contributed by atoms with van der Waals surface area (Å²) in [6.45, 7) is 0. The lowest BCUT2D eigenvalue weighted by molar-refractivity contribution is 0.376. The van der Waals surface area contributed by atoms with Gasteiger partial charge in [-0.15, -0.1) is 0 Å². The predicted octanol–water partition coefficient (Wildman–Crippen LogP) is 0.739. The Morgan fingerprint density at radius 2 is 2.22 bits per heavy atom. The number of methoxy groups -OCH3 is 1. The van der Waals surface area contributed by atoms with E-state index in [4.69, 9.17) is 9.84 Å². The van der Waals surface area contributed by atoms with E-state index in [-0.39, 0.29) is 5.75 Å². The highest BCUT2D eigenvalue weighted by molar-refractivity contribution is 5.35. The molecule has 3 nitrogen and oxygen atoms in total. The first-order valence-corrected chi connectivity index (χ1v) is 2.63. The molecule has 1 aromatic heterocycles. The topological polar surface area (TPSA) is 34.4 Å². The molecule has 0 bridgehead atoms. The minimum absolute atomic E-state index is 0.181. The molecule has 0 fully saturated rings. The Morgan fingerprint density at radius 1 is 1.56 bits per heavy atom. The monoisotopic (exact) mass is 127 g/mol. The van der Waals surface area contributed by atoms with Gasteiger partial charge in [-0.25, -0.2) is 0 Å². The van der Waals surface area contributed by atoms with Crippen LogP contribution in [0.25, 0.3) is 0 Å².